The van der Waals surface area contributed by atoms with Crippen LogP contribution in [-0.4, -0.2) is 96.3 Å². The van der Waals surface area contributed by atoms with Crippen LogP contribution in [0.4, 0.5) is 23.1 Å². The summed E-state index contributed by atoms with van der Waals surface area (Å²) in [5.41, 5.74) is 0.752. The number of alkyl carbamates (subject to hydrolysis) is 1. The zero-order valence-corrected chi connectivity index (χ0v) is 25.8. The predicted octanol–water partition coefficient (Wildman–Crippen LogP) is 2.99. The number of alkyl halides is 3. The Labute approximate surface area is 260 Å². The molecule has 1 aromatic carbocycles. The van der Waals surface area contributed by atoms with Crippen molar-refractivity contribution in [1.82, 2.24) is 20.5 Å². The van der Waals surface area contributed by atoms with Crippen molar-refractivity contribution in [2.24, 2.45) is 10.1 Å². The standard InChI is InChI=1S/C27H34F3N7O7S/c1-26(2,3)44-25(41)33-9-8-32-23(35-22(40)27(28,29)30)37-10-7-16-13-18(6-5-17(16)14-37)42-11-12-43-36-20(21(38)39)19-15-45-24(31-4)34-19/h5-6,13,15H,7-12,14H2,1-4H3,(H,31,34)(H,33,41)(H,38,39)(H,32,35,40)/b36-20-. The lowest BCUT2D eigenvalue weighted by Gasteiger charge is -2.32. The molecule has 0 spiro atoms. The molecule has 1 aliphatic heterocycles. The summed E-state index contributed by atoms with van der Waals surface area (Å²) in [7, 11) is 1.66. The van der Waals surface area contributed by atoms with Crippen molar-refractivity contribution in [1.29, 1.82) is 0 Å². The van der Waals surface area contributed by atoms with Gasteiger partial charge in [-0.25, -0.2) is 14.6 Å². The van der Waals surface area contributed by atoms with Crippen molar-refractivity contribution in [3.63, 3.8) is 0 Å². The summed E-state index contributed by atoms with van der Waals surface area (Å²) in [4.78, 5) is 49.9. The van der Waals surface area contributed by atoms with Gasteiger partial charge in [0.15, 0.2) is 11.7 Å². The summed E-state index contributed by atoms with van der Waals surface area (Å²) in [6.45, 7) is 5.34. The first-order valence-corrected chi connectivity index (χ1v) is 14.5. The van der Waals surface area contributed by atoms with Crippen LogP contribution in [-0.2, 0) is 32.1 Å². The predicted molar refractivity (Wildman–Crippen MR) is 159 cm³/mol. The summed E-state index contributed by atoms with van der Waals surface area (Å²) in [5.74, 6) is -3.23. The van der Waals surface area contributed by atoms with Gasteiger partial charge >= 0.3 is 24.1 Å². The number of oxime groups is 1. The number of benzene rings is 1. The number of hydrogen-bond donors (Lipinski definition) is 4. The topological polar surface area (TPSA) is 176 Å². The van der Waals surface area contributed by atoms with E-state index in [1.807, 2.05) is 5.32 Å². The number of carboxylic acid groups (broad SMARTS) is 1. The first kappa shape index (κ1) is 34.9. The zero-order valence-electron chi connectivity index (χ0n) is 25.0. The first-order chi connectivity index (χ1) is 21.2. The Morgan fingerprint density at radius 1 is 1.16 bits per heavy atom. The summed E-state index contributed by atoms with van der Waals surface area (Å²) in [6, 6.07) is 5.19. The molecule has 0 aliphatic carbocycles. The van der Waals surface area contributed by atoms with Gasteiger partial charge in [0.05, 0.1) is 6.54 Å². The number of carboxylic acids is 1. The highest BCUT2D eigenvalue weighted by atomic mass is 32.1. The molecule has 2 amide bonds. The molecule has 2 heterocycles. The third kappa shape index (κ3) is 11.1. The summed E-state index contributed by atoms with van der Waals surface area (Å²) >= 11 is 1.22. The molecule has 1 aliphatic rings. The quantitative estimate of drug-likeness (QED) is 0.122. The van der Waals surface area contributed by atoms with Gasteiger partial charge < -0.3 is 35.0 Å². The number of hydrogen-bond acceptors (Lipinski definition) is 11. The third-order valence-electron chi connectivity index (χ3n) is 5.78. The minimum atomic E-state index is -5.11. The second kappa shape index (κ2) is 15.4. The number of carbonyl (C=O) groups excluding carboxylic acids is 2. The lowest BCUT2D eigenvalue weighted by molar-refractivity contribution is -0.172. The fourth-order valence-corrected chi connectivity index (χ4v) is 4.48. The molecule has 14 nitrogen and oxygen atoms in total. The van der Waals surface area contributed by atoms with E-state index < -0.39 is 29.7 Å². The Kier molecular flexibility index (Phi) is 11.9. The number of anilines is 1. The van der Waals surface area contributed by atoms with E-state index >= 15 is 0 Å². The van der Waals surface area contributed by atoms with E-state index in [-0.39, 0.29) is 56.8 Å². The van der Waals surface area contributed by atoms with Crippen LogP contribution in [0.15, 0.2) is 33.7 Å². The Morgan fingerprint density at radius 2 is 1.91 bits per heavy atom. The normalized spacial score (nSPS) is 13.9. The van der Waals surface area contributed by atoms with Crippen molar-refractivity contribution in [2.45, 2.75) is 45.5 Å². The number of nitrogens with one attached hydrogen (secondary N) is 3. The number of fused-ring (bicyclic) bond motifs is 1. The second-order valence-corrected chi connectivity index (χ2v) is 11.3. The number of rotatable bonds is 11. The van der Waals surface area contributed by atoms with E-state index in [9.17, 15) is 32.7 Å². The van der Waals surface area contributed by atoms with Crippen molar-refractivity contribution < 1.29 is 47.0 Å². The highest BCUT2D eigenvalue weighted by Crippen LogP contribution is 2.24. The van der Waals surface area contributed by atoms with Crippen LogP contribution >= 0.6 is 11.3 Å². The lowest BCUT2D eigenvalue weighted by Crippen LogP contribution is -2.50. The molecule has 0 saturated carbocycles. The molecule has 0 bridgehead atoms. The molecule has 0 saturated heterocycles. The number of ether oxygens (including phenoxy) is 2. The van der Waals surface area contributed by atoms with E-state index in [1.165, 1.54) is 21.6 Å². The van der Waals surface area contributed by atoms with Gasteiger partial charge in [0.1, 0.15) is 23.7 Å². The van der Waals surface area contributed by atoms with Crippen molar-refractivity contribution in [3.05, 3.63) is 40.4 Å². The van der Waals surface area contributed by atoms with Crippen molar-refractivity contribution >= 4 is 46.1 Å². The van der Waals surface area contributed by atoms with Gasteiger partial charge in [-0.3, -0.25) is 15.1 Å². The summed E-state index contributed by atoms with van der Waals surface area (Å²) < 4.78 is 49.8. The SMILES string of the molecule is CNc1nc(/C(=N/OCCOc2ccc3c(c2)CCN(C(=NCCNC(=O)OC(C)(C)C)NC(=O)C(F)(F)F)C3)C(=O)O)cs1. The number of amides is 2. The van der Waals surface area contributed by atoms with E-state index in [4.69, 9.17) is 14.3 Å². The molecule has 2 aromatic rings. The van der Waals surface area contributed by atoms with Crippen LogP contribution < -0.4 is 20.7 Å². The molecule has 4 N–H and O–H groups in total. The Balaban J connectivity index is 1.58. The Hall–Kier alpha value is -4.61. The number of nitrogens with zero attached hydrogens (tertiary/aromatic N) is 4. The maximum Gasteiger partial charge on any atom is 0.471 e. The Bertz CT molecular complexity index is 1420. The molecular weight excluding hydrogens is 623 g/mol. The van der Waals surface area contributed by atoms with Gasteiger partial charge in [-0.05, 0) is 50.5 Å². The molecule has 0 fully saturated rings. The number of aromatic nitrogens is 1. The van der Waals surface area contributed by atoms with E-state index in [0.717, 1.165) is 11.1 Å². The van der Waals surface area contributed by atoms with Crippen LogP contribution in [0, 0.1) is 0 Å². The number of carbonyl (C=O) groups is 3. The largest absolute Gasteiger partial charge is 0.490 e. The molecule has 1 aromatic heterocycles. The molecular formula is C27H34F3N7O7S. The number of aliphatic imine (C=N–C) groups is 1. The number of guanidine groups is 1. The fraction of sp³-hybridized carbons (Fsp3) is 0.481. The number of thiazole rings is 1. The number of aliphatic carboxylic acids is 1. The van der Waals surface area contributed by atoms with Crippen molar-refractivity contribution in [3.8, 4) is 5.75 Å². The molecule has 3 rings (SSSR count). The van der Waals surface area contributed by atoms with E-state index in [1.54, 1.807) is 46.0 Å². The summed E-state index contributed by atoms with van der Waals surface area (Å²) in [5, 5.41) is 22.2. The number of halogens is 3. The molecule has 45 heavy (non-hydrogen) atoms. The maximum absolute atomic E-state index is 13.0. The van der Waals surface area contributed by atoms with Crippen LogP contribution in [0.2, 0.25) is 0 Å². The minimum Gasteiger partial charge on any atom is -0.490 e. The van der Waals surface area contributed by atoms with Gasteiger partial charge in [0, 0.05) is 32.1 Å². The highest BCUT2D eigenvalue weighted by Gasteiger charge is 2.40. The molecule has 246 valence electrons. The van der Waals surface area contributed by atoms with Gasteiger partial charge in [-0.15, -0.1) is 11.3 Å². The zero-order chi connectivity index (χ0) is 33.2. The molecule has 0 radical (unpaired) electrons. The van der Waals surface area contributed by atoms with Crippen LogP contribution in [0.5, 0.6) is 5.75 Å². The monoisotopic (exact) mass is 657 g/mol. The van der Waals surface area contributed by atoms with Gasteiger partial charge in [0.2, 0.25) is 11.7 Å². The van der Waals surface area contributed by atoms with Crippen LogP contribution in [0.3, 0.4) is 0 Å². The Morgan fingerprint density at radius 3 is 2.56 bits per heavy atom. The fourth-order valence-electron chi connectivity index (χ4n) is 3.82. The van der Waals surface area contributed by atoms with Crippen molar-refractivity contribution in [2.75, 3.05) is 45.2 Å². The van der Waals surface area contributed by atoms with E-state index in [0.29, 0.717) is 17.3 Å². The second-order valence-electron chi connectivity index (χ2n) is 10.4. The maximum atomic E-state index is 13.0. The van der Waals surface area contributed by atoms with E-state index in [2.05, 4.69) is 25.8 Å². The molecule has 0 unspecified atom stereocenters. The third-order valence-corrected chi connectivity index (χ3v) is 6.64. The highest BCUT2D eigenvalue weighted by molar-refractivity contribution is 7.14. The van der Waals surface area contributed by atoms with Gasteiger partial charge in [-0.1, -0.05) is 11.2 Å². The smallest absolute Gasteiger partial charge is 0.471 e. The average molecular weight is 658 g/mol. The molecule has 18 heteroatoms. The van der Waals surface area contributed by atoms with Crippen LogP contribution in [0.1, 0.15) is 37.6 Å². The van der Waals surface area contributed by atoms with Gasteiger partial charge in [0.25, 0.3) is 0 Å². The van der Waals surface area contributed by atoms with Gasteiger partial charge in [-0.2, -0.15) is 13.2 Å². The first-order valence-electron chi connectivity index (χ1n) is 13.6. The minimum absolute atomic E-state index is 0.0276. The lowest BCUT2D eigenvalue weighted by atomic mass is 9.99. The van der Waals surface area contributed by atoms with Crippen LogP contribution in [0.25, 0.3) is 0 Å². The molecule has 0 atom stereocenters. The average Bonchev–Trinajstić information content (AvgIpc) is 3.43. The summed E-state index contributed by atoms with van der Waals surface area (Å²) in [6.07, 6.45) is -5.41.